The number of aliphatic hydroxyl groups excluding tert-OH is 9. The van der Waals surface area contributed by atoms with Crippen molar-refractivity contribution in [3.63, 3.8) is 0 Å². The number of carbonyl (C=O) groups is 1. The number of fused-ring (bicyclic) bond motifs is 1. The first-order valence-corrected chi connectivity index (χ1v) is 19.0. The quantitative estimate of drug-likeness (QED) is 0.0927. The van der Waals surface area contributed by atoms with Crippen LogP contribution in [0.3, 0.4) is 0 Å². The Kier molecular flexibility index (Phi) is 13.2. The summed E-state index contributed by atoms with van der Waals surface area (Å²) in [4.78, 5) is 12.5. The number of carbonyl (C=O) groups excluding carboxylic acids is 1. The Morgan fingerprint density at radius 1 is 0.607 bits per heavy atom. The number of phenolic OH excluding ortho intramolecular Hbond substituents is 3. The second kappa shape index (κ2) is 18.2. The van der Waals surface area contributed by atoms with Crippen molar-refractivity contribution in [3.05, 3.63) is 83.1 Å². The smallest absolute Gasteiger partial charge is 0.338 e. The number of aromatic hydroxyl groups is 3. The molecule has 12 N–H and O–H groups in total. The first kappa shape index (κ1) is 44.2. The maximum Gasteiger partial charge on any atom is 0.338 e. The van der Waals surface area contributed by atoms with Gasteiger partial charge >= 0.3 is 5.97 Å². The topological polar surface area (TPSA) is 334 Å². The van der Waals surface area contributed by atoms with Crippen molar-refractivity contribution in [2.24, 2.45) is 0 Å². The second-order valence-electron chi connectivity index (χ2n) is 14.9. The van der Waals surface area contributed by atoms with Gasteiger partial charge in [0.15, 0.2) is 12.4 Å². The number of phenols is 3. The Balaban J connectivity index is 1.09. The summed E-state index contributed by atoms with van der Waals surface area (Å²) < 4.78 is 45.8. The molecule has 3 aromatic carbocycles. The zero-order valence-electron chi connectivity index (χ0n) is 32.0. The molecule has 0 spiro atoms. The monoisotopic (exact) mass is 862 g/mol. The number of benzene rings is 3. The minimum Gasteiger partial charge on any atom is -0.508 e. The summed E-state index contributed by atoms with van der Waals surface area (Å²) in [6.45, 7) is 0.292. The van der Waals surface area contributed by atoms with Crippen molar-refractivity contribution in [1.29, 1.82) is 0 Å². The van der Waals surface area contributed by atoms with Crippen LogP contribution in [0.15, 0.2) is 66.4 Å². The van der Waals surface area contributed by atoms with Crippen LogP contribution in [0.2, 0.25) is 0 Å². The molecule has 21 nitrogen and oxygen atoms in total. The van der Waals surface area contributed by atoms with Crippen LogP contribution in [0.4, 0.5) is 0 Å². The fraction of sp³-hybridized carbons (Fsp3) is 0.475. The molecule has 0 bridgehead atoms. The van der Waals surface area contributed by atoms with E-state index in [0.29, 0.717) is 5.56 Å². The number of rotatable bonds is 11. The van der Waals surface area contributed by atoms with Crippen LogP contribution in [0.25, 0.3) is 6.08 Å². The molecule has 3 aromatic rings. The lowest BCUT2D eigenvalue weighted by Crippen LogP contribution is -2.61. The Hall–Kier alpha value is -4.85. The van der Waals surface area contributed by atoms with E-state index < -0.39 is 123 Å². The number of esters is 1. The summed E-state index contributed by atoms with van der Waals surface area (Å²) in [6, 6.07) is 13.2. The van der Waals surface area contributed by atoms with Gasteiger partial charge in [-0.2, -0.15) is 0 Å². The van der Waals surface area contributed by atoms with Crippen molar-refractivity contribution in [1.82, 2.24) is 0 Å². The summed E-state index contributed by atoms with van der Waals surface area (Å²) in [5.74, 6) is -1.81. The van der Waals surface area contributed by atoms with E-state index in [1.54, 1.807) is 0 Å². The molecule has 7 rings (SSSR count). The Labute approximate surface area is 345 Å². The van der Waals surface area contributed by atoms with E-state index in [9.17, 15) is 66.1 Å². The van der Waals surface area contributed by atoms with E-state index in [1.807, 2.05) is 0 Å². The summed E-state index contributed by atoms with van der Waals surface area (Å²) >= 11 is 0. The Bertz CT molecular complexity index is 2010. The predicted octanol–water partition coefficient (Wildman–Crippen LogP) is -2.01. The van der Waals surface area contributed by atoms with Crippen molar-refractivity contribution in [2.75, 3.05) is 13.2 Å². The summed E-state index contributed by atoms with van der Waals surface area (Å²) in [7, 11) is 0. The van der Waals surface area contributed by atoms with Gasteiger partial charge in [-0.15, -0.1) is 0 Å². The minimum absolute atomic E-state index is 0.000955. The van der Waals surface area contributed by atoms with Crippen LogP contribution in [0, 0.1) is 0 Å². The number of ether oxygens (including phenoxy) is 8. The van der Waals surface area contributed by atoms with E-state index >= 15 is 0 Å². The van der Waals surface area contributed by atoms with Crippen LogP contribution < -0.4 is 9.47 Å². The highest BCUT2D eigenvalue weighted by Crippen LogP contribution is 2.45. The lowest BCUT2D eigenvalue weighted by molar-refractivity contribution is -0.324. The molecular weight excluding hydrogens is 816 g/mol. The lowest BCUT2D eigenvalue weighted by atomic mass is 9.98. The molecule has 0 aromatic heterocycles. The fourth-order valence-electron chi connectivity index (χ4n) is 7.03. The second-order valence-corrected chi connectivity index (χ2v) is 14.9. The van der Waals surface area contributed by atoms with Gasteiger partial charge in [-0.25, -0.2) is 4.79 Å². The lowest BCUT2D eigenvalue weighted by Gasteiger charge is -2.43. The largest absolute Gasteiger partial charge is 0.508 e. The first-order chi connectivity index (χ1) is 29.0. The molecule has 4 aliphatic heterocycles. The molecule has 21 heteroatoms. The van der Waals surface area contributed by atoms with E-state index in [1.165, 1.54) is 67.6 Å². The van der Waals surface area contributed by atoms with E-state index in [-0.39, 0.29) is 39.9 Å². The van der Waals surface area contributed by atoms with Crippen LogP contribution in [0.5, 0.6) is 28.7 Å². The maximum atomic E-state index is 12.5. The van der Waals surface area contributed by atoms with E-state index in [2.05, 4.69) is 0 Å². The predicted molar refractivity (Wildman–Crippen MR) is 199 cm³/mol. The third-order valence-electron chi connectivity index (χ3n) is 10.6. The van der Waals surface area contributed by atoms with Gasteiger partial charge in [0.05, 0.1) is 23.8 Å². The molecule has 0 radical (unpaired) electrons. The third-order valence-corrected chi connectivity index (χ3v) is 10.6. The Morgan fingerprint density at radius 2 is 1.15 bits per heavy atom. The molecule has 0 saturated carbocycles. The van der Waals surface area contributed by atoms with Gasteiger partial charge in [0, 0.05) is 17.7 Å². The maximum absolute atomic E-state index is 12.5. The molecule has 0 aliphatic carbocycles. The molecular formula is C40H46O21. The number of hydrogen-bond acceptors (Lipinski definition) is 21. The highest BCUT2D eigenvalue weighted by atomic mass is 16.7. The molecule has 4 heterocycles. The van der Waals surface area contributed by atoms with Crippen LogP contribution in [-0.4, -0.2) is 173 Å². The molecule has 4 aliphatic rings. The van der Waals surface area contributed by atoms with E-state index in [4.69, 9.17) is 37.9 Å². The molecule has 3 saturated heterocycles. The van der Waals surface area contributed by atoms with Crippen LogP contribution in [0.1, 0.15) is 34.5 Å². The highest BCUT2D eigenvalue weighted by Gasteiger charge is 2.49. The van der Waals surface area contributed by atoms with Gasteiger partial charge < -0.3 is 99.2 Å². The summed E-state index contributed by atoms with van der Waals surface area (Å²) in [5.41, 5.74) is 0.437. The molecule has 1 unspecified atom stereocenters. The third kappa shape index (κ3) is 9.34. The van der Waals surface area contributed by atoms with Crippen molar-refractivity contribution < 1.29 is 104 Å². The van der Waals surface area contributed by atoms with Gasteiger partial charge in [0.1, 0.15) is 108 Å². The molecule has 3 fully saturated rings. The molecule has 332 valence electrons. The van der Waals surface area contributed by atoms with Gasteiger partial charge in [-0.1, -0.05) is 12.1 Å². The number of hydrogen-bond donors (Lipinski definition) is 12. The molecule has 0 amide bonds. The van der Waals surface area contributed by atoms with Gasteiger partial charge in [0.25, 0.3) is 0 Å². The van der Waals surface area contributed by atoms with E-state index in [0.717, 1.165) is 6.07 Å². The first-order valence-electron chi connectivity index (χ1n) is 19.0. The SMILES string of the molecule is C[C@@H]1O[C@@H](OC[C@H]2O[C@@H](OC3=Cc4c(O)cc(O[C@@H]5O[C@@H](COC(=O)c6ccc(O)cc6)[C@@H](O)[C@H](O)[C@@H]5O)cc4OC3c3ccc(O)cc3)[C@H](O)[C@@H](O)[C@@H]2O)[C@@H](O)[C@H](O)[C@H]1O. The van der Waals surface area contributed by atoms with Gasteiger partial charge in [0.2, 0.25) is 12.6 Å². The van der Waals surface area contributed by atoms with Crippen molar-refractivity contribution >= 4 is 12.0 Å². The standard InChI is InChI=1S/C40H46O21/c1-15-27(44)30(47)33(50)38(56-15)55-14-26-29(46)32(49)35(52)40(61-26)59-24-12-21-22(43)10-20(11-23(21)58-36(24)16-2-6-18(41)7-3-16)57-39-34(51)31(48)28(45)25(60-39)13-54-37(53)17-4-8-19(42)9-5-17/h2-12,15,25-36,38-52H,13-14H2,1H3/t15-,25-,26+,27-,28+,29+,30+,31-,32-,33-,34-,35+,36?,38+,39+,40+/m0/s1. The fourth-order valence-corrected chi connectivity index (χ4v) is 7.03. The zero-order chi connectivity index (χ0) is 43.9. The average Bonchev–Trinajstić information content (AvgIpc) is 3.24. The number of aliphatic hydroxyl groups is 9. The van der Waals surface area contributed by atoms with Crippen molar-refractivity contribution in [2.45, 2.75) is 105 Å². The molecule has 16 atom stereocenters. The van der Waals surface area contributed by atoms with Crippen molar-refractivity contribution in [3.8, 4) is 28.7 Å². The van der Waals surface area contributed by atoms with Crippen LogP contribution >= 0.6 is 0 Å². The average molecular weight is 863 g/mol. The molecule has 61 heavy (non-hydrogen) atoms. The van der Waals surface area contributed by atoms with Gasteiger partial charge in [-0.3, -0.25) is 0 Å². The highest BCUT2D eigenvalue weighted by molar-refractivity contribution is 5.89. The Morgan fingerprint density at radius 3 is 1.77 bits per heavy atom. The normalized spacial score (nSPS) is 36.2. The van der Waals surface area contributed by atoms with Gasteiger partial charge in [-0.05, 0) is 49.4 Å². The minimum atomic E-state index is -1.87. The summed E-state index contributed by atoms with van der Waals surface area (Å²) in [6.07, 6.45) is -24.1. The van der Waals surface area contributed by atoms with Crippen LogP contribution in [-0.2, 0) is 28.4 Å². The summed E-state index contributed by atoms with van der Waals surface area (Å²) in [5, 5.41) is 126. The zero-order valence-corrected chi connectivity index (χ0v) is 32.0.